The van der Waals surface area contributed by atoms with Gasteiger partial charge in [-0.2, -0.15) is 0 Å². The van der Waals surface area contributed by atoms with Crippen LogP contribution >= 0.6 is 0 Å². The van der Waals surface area contributed by atoms with Gasteiger partial charge in [0.05, 0.1) is 18.3 Å². The molecule has 0 spiro atoms. The number of nitrogens with zero attached hydrogens (tertiary/aromatic N) is 1. The first kappa shape index (κ1) is 16.8. The topological polar surface area (TPSA) is 64.8 Å². The number of carbonyl (C=O) groups excluding carboxylic acids is 1. The number of methoxy groups -OCH3 is 1. The number of anilines is 1. The Hall–Kier alpha value is -1.59. The van der Waals surface area contributed by atoms with Gasteiger partial charge in [-0.1, -0.05) is 19.4 Å². The number of benzene rings is 1. The molecule has 1 aromatic carbocycles. The summed E-state index contributed by atoms with van der Waals surface area (Å²) in [7, 11) is 1.63. The maximum Gasteiger partial charge on any atom is 0.270 e. The first-order valence-corrected chi connectivity index (χ1v) is 7.80. The van der Waals surface area contributed by atoms with E-state index in [0.29, 0.717) is 13.2 Å². The Morgan fingerprint density at radius 2 is 2.14 bits per heavy atom. The van der Waals surface area contributed by atoms with Crippen molar-refractivity contribution in [2.24, 2.45) is 5.73 Å². The SMILES string of the molecule is CCCCN1C(=O)C(C)(C)Oc2ccc(C(N)COC)cc21. The molecule has 122 valence electrons. The second kappa shape index (κ2) is 6.67. The van der Waals surface area contributed by atoms with Gasteiger partial charge in [0, 0.05) is 13.7 Å². The van der Waals surface area contributed by atoms with Crippen molar-refractivity contribution < 1.29 is 14.3 Å². The average molecular weight is 306 g/mol. The van der Waals surface area contributed by atoms with Crippen molar-refractivity contribution in [1.29, 1.82) is 0 Å². The van der Waals surface area contributed by atoms with Crippen LogP contribution in [-0.4, -0.2) is 31.8 Å². The molecule has 0 fully saturated rings. The molecule has 2 N–H and O–H groups in total. The fourth-order valence-electron chi connectivity index (χ4n) is 2.63. The lowest BCUT2D eigenvalue weighted by atomic mass is 10.0. The van der Waals surface area contributed by atoms with Crippen LogP contribution in [0.4, 0.5) is 5.69 Å². The number of hydrogen-bond donors (Lipinski definition) is 1. The first-order valence-electron chi connectivity index (χ1n) is 7.80. The molecule has 2 rings (SSSR count). The number of hydrogen-bond acceptors (Lipinski definition) is 4. The summed E-state index contributed by atoms with van der Waals surface area (Å²) in [4.78, 5) is 14.5. The van der Waals surface area contributed by atoms with Gasteiger partial charge in [-0.15, -0.1) is 0 Å². The smallest absolute Gasteiger partial charge is 0.270 e. The normalized spacial score (nSPS) is 17.9. The molecular formula is C17H26N2O3. The maximum atomic E-state index is 12.7. The average Bonchev–Trinajstić information content (AvgIpc) is 2.47. The van der Waals surface area contributed by atoms with Crippen LogP contribution in [0.3, 0.4) is 0 Å². The molecule has 0 aromatic heterocycles. The molecule has 1 amide bonds. The van der Waals surface area contributed by atoms with E-state index >= 15 is 0 Å². The fraction of sp³-hybridized carbons (Fsp3) is 0.588. The monoisotopic (exact) mass is 306 g/mol. The highest BCUT2D eigenvalue weighted by atomic mass is 16.5. The van der Waals surface area contributed by atoms with Gasteiger partial charge in [-0.3, -0.25) is 4.79 Å². The molecule has 5 nitrogen and oxygen atoms in total. The second-order valence-electron chi connectivity index (χ2n) is 6.21. The van der Waals surface area contributed by atoms with Gasteiger partial charge >= 0.3 is 0 Å². The lowest BCUT2D eigenvalue weighted by Crippen LogP contribution is -2.52. The van der Waals surface area contributed by atoms with Crippen LogP contribution in [0.25, 0.3) is 0 Å². The van der Waals surface area contributed by atoms with E-state index in [0.717, 1.165) is 29.8 Å². The van der Waals surface area contributed by atoms with Crippen LogP contribution < -0.4 is 15.4 Å². The zero-order valence-corrected chi connectivity index (χ0v) is 13.9. The lowest BCUT2D eigenvalue weighted by molar-refractivity contribution is -0.132. The minimum atomic E-state index is -0.836. The Labute approximate surface area is 132 Å². The van der Waals surface area contributed by atoms with Crippen molar-refractivity contribution >= 4 is 11.6 Å². The molecule has 0 aliphatic carbocycles. The highest BCUT2D eigenvalue weighted by molar-refractivity contribution is 6.02. The number of amides is 1. The molecule has 0 saturated heterocycles. The van der Waals surface area contributed by atoms with Crippen molar-refractivity contribution in [1.82, 2.24) is 0 Å². The highest BCUT2D eigenvalue weighted by Gasteiger charge is 2.40. The van der Waals surface area contributed by atoms with Gasteiger partial charge in [-0.05, 0) is 38.0 Å². The van der Waals surface area contributed by atoms with E-state index in [1.807, 2.05) is 36.9 Å². The quantitative estimate of drug-likeness (QED) is 0.877. The summed E-state index contributed by atoms with van der Waals surface area (Å²) in [6.45, 7) is 6.86. The standard InChI is InChI=1S/C17H26N2O3/c1-5-6-9-19-14-10-12(13(18)11-21-4)7-8-15(14)22-17(2,3)16(19)20/h7-8,10,13H,5-6,9,11,18H2,1-4H3. The third-order valence-corrected chi connectivity index (χ3v) is 3.91. The van der Waals surface area contributed by atoms with Gasteiger partial charge in [0.25, 0.3) is 5.91 Å². The number of unbranched alkanes of at least 4 members (excludes halogenated alkanes) is 1. The summed E-state index contributed by atoms with van der Waals surface area (Å²) in [6, 6.07) is 5.56. The summed E-state index contributed by atoms with van der Waals surface area (Å²) in [5.41, 5.74) is 7.02. The Bertz CT molecular complexity index is 543. The molecule has 0 saturated carbocycles. The number of fused-ring (bicyclic) bond motifs is 1. The van der Waals surface area contributed by atoms with Crippen molar-refractivity contribution in [3.05, 3.63) is 23.8 Å². The number of rotatable bonds is 6. The van der Waals surface area contributed by atoms with Gasteiger partial charge in [0.15, 0.2) is 5.60 Å². The van der Waals surface area contributed by atoms with E-state index in [1.54, 1.807) is 7.11 Å². The highest BCUT2D eigenvalue weighted by Crippen LogP contribution is 2.39. The van der Waals surface area contributed by atoms with E-state index in [9.17, 15) is 4.79 Å². The van der Waals surface area contributed by atoms with Crippen LogP contribution in [0.5, 0.6) is 5.75 Å². The van der Waals surface area contributed by atoms with Gasteiger partial charge in [0.2, 0.25) is 0 Å². The van der Waals surface area contributed by atoms with Crippen molar-refractivity contribution in [2.75, 3.05) is 25.2 Å². The van der Waals surface area contributed by atoms with Crippen LogP contribution in [0, 0.1) is 0 Å². The van der Waals surface area contributed by atoms with Crippen LogP contribution in [0.1, 0.15) is 45.2 Å². The maximum absolute atomic E-state index is 12.7. The molecule has 1 heterocycles. The third-order valence-electron chi connectivity index (χ3n) is 3.91. The zero-order chi connectivity index (χ0) is 16.3. The van der Waals surface area contributed by atoms with Gasteiger partial charge < -0.3 is 20.1 Å². The van der Waals surface area contributed by atoms with E-state index in [4.69, 9.17) is 15.2 Å². The number of carbonyl (C=O) groups is 1. The first-order chi connectivity index (χ1) is 10.4. The second-order valence-corrected chi connectivity index (χ2v) is 6.21. The van der Waals surface area contributed by atoms with Crippen molar-refractivity contribution in [2.45, 2.75) is 45.3 Å². The minimum Gasteiger partial charge on any atom is -0.476 e. The molecule has 1 aromatic rings. The summed E-state index contributed by atoms with van der Waals surface area (Å²) in [5, 5.41) is 0. The van der Waals surface area contributed by atoms with Crippen molar-refractivity contribution in [3.63, 3.8) is 0 Å². The summed E-state index contributed by atoms with van der Waals surface area (Å²) < 4.78 is 11.0. The largest absolute Gasteiger partial charge is 0.476 e. The van der Waals surface area contributed by atoms with Gasteiger partial charge in [-0.25, -0.2) is 0 Å². The molecule has 22 heavy (non-hydrogen) atoms. The lowest BCUT2D eigenvalue weighted by Gasteiger charge is -2.39. The Balaban J connectivity index is 2.39. The third kappa shape index (κ3) is 3.25. The number of ether oxygens (including phenoxy) is 2. The molecule has 0 bridgehead atoms. The minimum absolute atomic E-state index is 0.00841. The molecular weight excluding hydrogens is 280 g/mol. The Kier molecular flexibility index (Phi) is 5.08. The van der Waals surface area contributed by atoms with E-state index in [1.165, 1.54) is 0 Å². The summed E-state index contributed by atoms with van der Waals surface area (Å²) in [5.74, 6) is 0.722. The van der Waals surface area contributed by atoms with Gasteiger partial charge in [0.1, 0.15) is 5.75 Å². The summed E-state index contributed by atoms with van der Waals surface area (Å²) >= 11 is 0. The van der Waals surface area contributed by atoms with Crippen LogP contribution in [0.2, 0.25) is 0 Å². The molecule has 1 aliphatic heterocycles. The van der Waals surface area contributed by atoms with Crippen LogP contribution in [0.15, 0.2) is 18.2 Å². The van der Waals surface area contributed by atoms with E-state index < -0.39 is 5.60 Å². The fourth-order valence-corrected chi connectivity index (χ4v) is 2.63. The Morgan fingerprint density at radius 3 is 2.77 bits per heavy atom. The molecule has 1 unspecified atom stereocenters. The number of nitrogens with two attached hydrogens (primary N) is 1. The molecule has 1 aliphatic rings. The zero-order valence-electron chi connectivity index (χ0n) is 13.9. The predicted molar refractivity (Wildman–Crippen MR) is 87.2 cm³/mol. The van der Waals surface area contributed by atoms with Crippen LogP contribution in [-0.2, 0) is 9.53 Å². The summed E-state index contributed by atoms with van der Waals surface area (Å²) in [6.07, 6.45) is 1.99. The van der Waals surface area contributed by atoms with Crippen molar-refractivity contribution in [3.8, 4) is 5.75 Å². The molecule has 5 heteroatoms. The Morgan fingerprint density at radius 1 is 1.41 bits per heavy atom. The van der Waals surface area contributed by atoms with E-state index in [2.05, 4.69) is 6.92 Å². The van der Waals surface area contributed by atoms with E-state index in [-0.39, 0.29) is 11.9 Å². The molecule has 1 atom stereocenters. The predicted octanol–water partition coefficient (Wildman–Crippen LogP) is 2.64. The molecule has 0 radical (unpaired) electrons.